The van der Waals surface area contributed by atoms with Crippen molar-refractivity contribution in [1.29, 1.82) is 0 Å². The zero-order valence-electron chi connectivity index (χ0n) is 14.6. The van der Waals surface area contributed by atoms with Crippen LogP contribution in [-0.2, 0) is 4.74 Å². The SMILES string of the molecule is FC(F)(F)Sc1ccccc1C1=C[C@@]2(CCCN[C@H]2c2ccccc2)OC1. The summed E-state index contributed by atoms with van der Waals surface area (Å²) >= 11 is -0.0655. The van der Waals surface area contributed by atoms with E-state index in [1.807, 2.05) is 24.3 Å². The Morgan fingerprint density at radius 1 is 1.04 bits per heavy atom. The number of nitrogens with one attached hydrogen (secondary N) is 1. The molecule has 2 aliphatic heterocycles. The normalized spacial score (nSPS) is 25.6. The van der Waals surface area contributed by atoms with E-state index in [2.05, 4.69) is 17.4 Å². The molecule has 1 saturated heterocycles. The zero-order chi connectivity index (χ0) is 18.9. The fourth-order valence-electron chi connectivity index (χ4n) is 3.98. The predicted molar refractivity (Wildman–Crippen MR) is 101 cm³/mol. The van der Waals surface area contributed by atoms with Gasteiger partial charge in [-0.1, -0.05) is 48.5 Å². The van der Waals surface area contributed by atoms with Gasteiger partial charge in [-0.3, -0.25) is 0 Å². The van der Waals surface area contributed by atoms with Gasteiger partial charge in [-0.15, -0.1) is 0 Å². The third-order valence-electron chi connectivity index (χ3n) is 5.09. The molecule has 1 N–H and O–H groups in total. The van der Waals surface area contributed by atoms with Gasteiger partial charge >= 0.3 is 5.51 Å². The summed E-state index contributed by atoms with van der Waals surface area (Å²) in [5, 5.41) is 3.54. The lowest BCUT2D eigenvalue weighted by Gasteiger charge is -2.40. The van der Waals surface area contributed by atoms with Gasteiger partial charge in [-0.2, -0.15) is 13.2 Å². The quantitative estimate of drug-likeness (QED) is 0.691. The number of benzene rings is 2. The molecule has 2 aliphatic rings. The molecule has 1 spiro atoms. The average molecular weight is 391 g/mol. The molecular weight excluding hydrogens is 371 g/mol. The summed E-state index contributed by atoms with van der Waals surface area (Å²) < 4.78 is 45.1. The third-order valence-corrected chi connectivity index (χ3v) is 5.90. The Balaban J connectivity index is 1.70. The largest absolute Gasteiger partial charge is 0.446 e. The predicted octanol–water partition coefficient (Wildman–Crippen LogP) is 5.58. The van der Waals surface area contributed by atoms with E-state index in [1.54, 1.807) is 18.2 Å². The summed E-state index contributed by atoms with van der Waals surface area (Å²) in [4.78, 5) is 0.219. The highest BCUT2D eigenvalue weighted by Gasteiger charge is 2.44. The highest BCUT2D eigenvalue weighted by molar-refractivity contribution is 8.00. The van der Waals surface area contributed by atoms with Crippen LogP contribution in [0.3, 0.4) is 0 Å². The summed E-state index contributed by atoms with van der Waals surface area (Å²) in [5.41, 5.74) is -2.27. The van der Waals surface area contributed by atoms with Gasteiger partial charge < -0.3 is 10.1 Å². The molecule has 4 rings (SSSR count). The van der Waals surface area contributed by atoms with E-state index < -0.39 is 11.1 Å². The third kappa shape index (κ3) is 3.93. The molecule has 0 aromatic heterocycles. The van der Waals surface area contributed by atoms with Crippen molar-refractivity contribution in [2.24, 2.45) is 0 Å². The fourth-order valence-corrected chi connectivity index (χ4v) is 4.68. The maximum absolute atomic E-state index is 12.9. The molecule has 2 aromatic carbocycles. The molecule has 27 heavy (non-hydrogen) atoms. The Morgan fingerprint density at radius 3 is 2.56 bits per heavy atom. The highest BCUT2D eigenvalue weighted by atomic mass is 32.2. The van der Waals surface area contributed by atoms with Crippen molar-refractivity contribution in [3.63, 3.8) is 0 Å². The minimum absolute atomic E-state index is 0.00705. The second-order valence-electron chi connectivity index (χ2n) is 6.86. The van der Waals surface area contributed by atoms with Crippen molar-refractivity contribution in [3.8, 4) is 0 Å². The van der Waals surface area contributed by atoms with Gasteiger partial charge in [0.15, 0.2) is 0 Å². The van der Waals surface area contributed by atoms with E-state index in [0.29, 0.717) is 12.2 Å². The summed E-state index contributed by atoms with van der Waals surface area (Å²) in [5.74, 6) is 0. The number of ether oxygens (including phenoxy) is 1. The van der Waals surface area contributed by atoms with Crippen LogP contribution in [0.1, 0.15) is 30.0 Å². The Hall–Kier alpha value is -1.76. The number of rotatable bonds is 3. The van der Waals surface area contributed by atoms with E-state index in [9.17, 15) is 13.2 Å². The standard InChI is InChI=1S/C21H20F3NOS/c22-21(23,24)27-18-10-5-4-9-17(18)16-13-20(26-14-16)11-6-12-25-19(20)15-7-2-1-3-8-15/h1-5,7-10,13,19,25H,6,11-12,14H2/t19-,20+/m0/s1. The van der Waals surface area contributed by atoms with Gasteiger partial charge in [0.25, 0.3) is 0 Å². The van der Waals surface area contributed by atoms with E-state index in [4.69, 9.17) is 4.74 Å². The lowest BCUT2D eigenvalue weighted by molar-refractivity contribution is -0.0328. The van der Waals surface area contributed by atoms with Gasteiger partial charge in [0, 0.05) is 4.90 Å². The van der Waals surface area contributed by atoms with Gasteiger partial charge in [-0.25, -0.2) is 0 Å². The molecule has 1 fully saturated rings. The van der Waals surface area contributed by atoms with Gasteiger partial charge in [-0.05, 0) is 60.0 Å². The molecule has 0 bridgehead atoms. The van der Waals surface area contributed by atoms with Crippen molar-refractivity contribution in [2.45, 2.75) is 34.9 Å². The molecule has 2 atom stereocenters. The molecular formula is C21H20F3NOS. The van der Waals surface area contributed by atoms with Crippen LogP contribution >= 0.6 is 11.8 Å². The van der Waals surface area contributed by atoms with Crippen molar-refractivity contribution in [1.82, 2.24) is 5.32 Å². The first-order valence-electron chi connectivity index (χ1n) is 8.96. The first-order valence-corrected chi connectivity index (χ1v) is 9.78. The molecule has 6 heteroatoms. The fraction of sp³-hybridized carbons (Fsp3) is 0.333. The van der Waals surface area contributed by atoms with Crippen molar-refractivity contribution in [3.05, 3.63) is 71.8 Å². The Morgan fingerprint density at radius 2 is 1.78 bits per heavy atom. The van der Waals surface area contributed by atoms with E-state index >= 15 is 0 Å². The Kier molecular flexibility index (Phi) is 5.05. The molecule has 2 heterocycles. The van der Waals surface area contributed by atoms with Gasteiger partial charge in [0.2, 0.25) is 0 Å². The zero-order valence-corrected chi connectivity index (χ0v) is 15.4. The Labute approximate surface area is 160 Å². The topological polar surface area (TPSA) is 21.3 Å². The lowest BCUT2D eigenvalue weighted by atomic mass is 9.81. The molecule has 2 nitrogen and oxygen atoms in total. The van der Waals surface area contributed by atoms with Crippen LogP contribution in [0.25, 0.3) is 5.57 Å². The summed E-state index contributed by atoms with van der Waals surface area (Å²) in [7, 11) is 0. The number of halogens is 3. The highest BCUT2D eigenvalue weighted by Crippen LogP contribution is 2.46. The molecule has 0 aliphatic carbocycles. The van der Waals surface area contributed by atoms with Gasteiger partial charge in [0.1, 0.15) is 5.60 Å². The van der Waals surface area contributed by atoms with E-state index in [0.717, 1.165) is 30.5 Å². The number of hydrogen-bond donors (Lipinski definition) is 1. The molecule has 0 saturated carbocycles. The van der Waals surface area contributed by atoms with E-state index in [-0.39, 0.29) is 22.7 Å². The van der Waals surface area contributed by atoms with Crippen LogP contribution < -0.4 is 5.32 Å². The van der Waals surface area contributed by atoms with Crippen LogP contribution in [0.15, 0.2) is 65.6 Å². The number of thioether (sulfide) groups is 1. The number of alkyl halides is 3. The number of piperidine rings is 1. The van der Waals surface area contributed by atoms with Crippen LogP contribution in [0.4, 0.5) is 13.2 Å². The second-order valence-corrected chi connectivity index (χ2v) is 7.97. The van der Waals surface area contributed by atoms with Crippen molar-refractivity contribution in [2.75, 3.05) is 13.2 Å². The second kappa shape index (κ2) is 7.34. The first-order chi connectivity index (χ1) is 13.0. The van der Waals surface area contributed by atoms with Crippen LogP contribution in [0.5, 0.6) is 0 Å². The van der Waals surface area contributed by atoms with Crippen molar-refractivity contribution >= 4 is 17.3 Å². The van der Waals surface area contributed by atoms with E-state index in [1.165, 1.54) is 6.07 Å². The van der Waals surface area contributed by atoms with Crippen molar-refractivity contribution < 1.29 is 17.9 Å². The monoisotopic (exact) mass is 391 g/mol. The molecule has 0 radical (unpaired) electrons. The smallest absolute Gasteiger partial charge is 0.364 e. The van der Waals surface area contributed by atoms with Gasteiger partial charge in [0.05, 0.1) is 12.6 Å². The first kappa shape index (κ1) is 18.6. The molecule has 2 aromatic rings. The number of hydrogen-bond acceptors (Lipinski definition) is 3. The molecule has 0 amide bonds. The van der Waals surface area contributed by atoms with Crippen LogP contribution in [-0.4, -0.2) is 24.3 Å². The maximum Gasteiger partial charge on any atom is 0.446 e. The van der Waals surface area contributed by atoms with Crippen LogP contribution in [0, 0.1) is 0 Å². The minimum atomic E-state index is -4.31. The minimum Gasteiger partial charge on any atom is -0.364 e. The Bertz CT molecular complexity index is 837. The lowest BCUT2D eigenvalue weighted by Crippen LogP contribution is -2.47. The maximum atomic E-state index is 12.9. The molecule has 142 valence electrons. The summed E-state index contributed by atoms with van der Waals surface area (Å²) in [6.07, 6.45) is 3.86. The summed E-state index contributed by atoms with van der Waals surface area (Å²) in [6.45, 7) is 1.22. The average Bonchev–Trinajstić information content (AvgIpc) is 3.06. The van der Waals surface area contributed by atoms with Crippen LogP contribution in [0.2, 0.25) is 0 Å². The summed E-state index contributed by atoms with van der Waals surface area (Å²) in [6, 6.07) is 16.8. The molecule has 0 unspecified atom stereocenters.